The lowest BCUT2D eigenvalue weighted by Gasteiger charge is -2.14. The zero-order valence-corrected chi connectivity index (χ0v) is 14.2. The summed E-state index contributed by atoms with van der Waals surface area (Å²) in [4.78, 5) is 29.5. The van der Waals surface area contributed by atoms with Crippen molar-refractivity contribution in [1.82, 2.24) is 24.9 Å². The average molecular weight is 351 g/mol. The maximum absolute atomic E-state index is 12.8. The fourth-order valence-electron chi connectivity index (χ4n) is 3.34. The fraction of sp³-hybridized carbons (Fsp3) is 0.278. The third kappa shape index (κ3) is 2.59. The van der Waals surface area contributed by atoms with Gasteiger partial charge in [-0.05, 0) is 25.5 Å². The van der Waals surface area contributed by atoms with Crippen LogP contribution in [0.5, 0.6) is 0 Å². The molecule has 1 amide bonds. The lowest BCUT2D eigenvalue weighted by atomic mass is 10.1. The molecule has 1 aromatic carbocycles. The van der Waals surface area contributed by atoms with Crippen LogP contribution in [0.15, 0.2) is 36.7 Å². The molecule has 0 bridgehead atoms. The summed E-state index contributed by atoms with van der Waals surface area (Å²) in [6.07, 6.45) is 3.94. The Labute approximate surface area is 149 Å². The molecule has 1 aliphatic rings. The highest BCUT2D eigenvalue weighted by molar-refractivity contribution is 5.94. The van der Waals surface area contributed by atoms with E-state index in [1.165, 1.54) is 4.90 Å². The minimum Gasteiger partial charge on any atom is -0.481 e. The van der Waals surface area contributed by atoms with Crippen molar-refractivity contribution >= 4 is 22.6 Å². The van der Waals surface area contributed by atoms with Gasteiger partial charge in [-0.3, -0.25) is 14.6 Å². The summed E-state index contributed by atoms with van der Waals surface area (Å²) < 4.78 is 1.64. The third-order valence-corrected chi connectivity index (χ3v) is 4.81. The van der Waals surface area contributed by atoms with Gasteiger partial charge in [0, 0.05) is 36.3 Å². The fourth-order valence-corrected chi connectivity index (χ4v) is 3.34. The number of hydrogen-bond donors (Lipinski definition) is 1. The average Bonchev–Trinajstić information content (AvgIpc) is 3.28. The van der Waals surface area contributed by atoms with Gasteiger partial charge in [0.1, 0.15) is 0 Å². The first-order chi connectivity index (χ1) is 12.6. The van der Waals surface area contributed by atoms with Gasteiger partial charge in [0.05, 0.1) is 17.3 Å². The molecule has 0 aliphatic carbocycles. The van der Waals surface area contributed by atoms with Gasteiger partial charge in [-0.25, -0.2) is 4.68 Å². The van der Waals surface area contributed by atoms with Crippen LogP contribution in [0.2, 0.25) is 0 Å². The summed E-state index contributed by atoms with van der Waals surface area (Å²) in [6, 6.07) is 7.67. The van der Waals surface area contributed by atoms with E-state index in [1.54, 1.807) is 24.0 Å². The van der Waals surface area contributed by atoms with Crippen molar-refractivity contribution in [2.24, 2.45) is 5.92 Å². The number of nitrogens with zero attached hydrogens (tertiary/aromatic N) is 5. The molecular formula is C18H17N5O3. The number of pyridine rings is 1. The number of hydrogen-bond acceptors (Lipinski definition) is 5. The quantitative estimate of drug-likeness (QED) is 0.770. The minimum atomic E-state index is -0.870. The summed E-state index contributed by atoms with van der Waals surface area (Å²) >= 11 is 0. The maximum atomic E-state index is 12.8. The number of carbonyl (C=O) groups is 2. The number of carbonyl (C=O) groups excluding carboxylic acids is 1. The van der Waals surface area contributed by atoms with Crippen molar-refractivity contribution in [3.63, 3.8) is 0 Å². The lowest BCUT2D eigenvalue weighted by molar-refractivity contribution is -0.141. The van der Waals surface area contributed by atoms with E-state index in [1.807, 2.05) is 24.3 Å². The normalized spacial score (nSPS) is 17.0. The molecule has 8 heteroatoms. The predicted molar refractivity (Wildman–Crippen MR) is 93.0 cm³/mol. The van der Waals surface area contributed by atoms with Gasteiger partial charge in [-0.2, -0.15) is 0 Å². The first-order valence-electron chi connectivity index (χ1n) is 8.34. The Balaban J connectivity index is 1.69. The summed E-state index contributed by atoms with van der Waals surface area (Å²) in [5.41, 5.74) is 1.69. The van der Waals surface area contributed by atoms with Crippen molar-refractivity contribution < 1.29 is 14.7 Å². The summed E-state index contributed by atoms with van der Waals surface area (Å²) in [7, 11) is 0. The zero-order chi connectivity index (χ0) is 18.3. The molecule has 1 saturated heterocycles. The number of carboxylic acid groups (broad SMARTS) is 1. The maximum Gasteiger partial charge on any atom is 0.308 e. The van der Waals surface area contributed by atoms with Crippen LogP contribution >= 0.6 is 0 Å². The SMILES string of the molecule is Cc1c(C(=O)N2CCC(C(=O)O)C2)nnn1-c1cccc2cnccc12. The third-order valence-electron chi connectivity index (χ3n) is 4.81. The van der Waals surface area contributed by atoms with Crippen LogP contribution in [0.4, 0.5) is 0 Å². The van der Waals surface area contributed by atoms with E-state index < -0.39 is 11.9 Å². The number of rotatable bonds is 3. The van der Waals surface area contributed by atoms with Crippen LogP contribution in [-0.2, 0) is 4.79 Å². The monoisotopic (exact) mass is 351 g/mol. The first kappa shape index (κ1) is 16.2. The second-order valence-electron chi connectivity index (χ2n) is 6.38. The molecule has 8 nitrogen and oxygen atoms in total. The van der Waals surface area contributed by atoms with Gasteiger partial charge in [0.25, 0.3) is 5.91 Å². The van der Waals surface area contributed by atoms with E-state index in [2.05, 4.69) is 15.3 Å². The topological polar surface area (TPSA) is 101 Å². The minimum absolute atomic E-state index is 0.209. The molecule has 0 saturated carbocycles. The van der Waals surface area contributed by atoms with Crippen LogP contribution < -0.4 is 0 Å². The molecule has 1 N–H and O–H groups in total. The van der Waals surface area contributed by atoms with E-state index in [0.717, 1.165) is 16.5 Å². The highest BCUT2D eigenvalue weighted by Crippen LogP contribution is 2.24. The van der Waals surface area contributed by atoms with E-state index >= 15 is 0 Å². The Morgan fingerprint density at radius 3 is 2.88 bits per heavy atom. The van der Waals surface area contributed by atoms with Crippen molar-refractivity contribution in [3.05, 3.63) is 48.0 Å². The number of aromatic nitrogens is 4. The summed E-state index contributed by atoms with van der Waals surface area (Å²) in [6.45, 7) is 2.42. The van der Waals surface area contributed by atoms with Crippen molar-refractivity contribution in [1.29, 1.82) is 0 Å². The highest BCUT2D eigenvalue weighted by Gasteiger charge is 2.33. The predicted octanol–water partition coefficient (Wildman–Crippen LogP) is 1.67. The molecule has 26 heavy (non-hydrogen) atoms. The summed E-state index contributed by atoms with van der Waals surface area (Å²) in [5.74, 6) is -1.66. The molecule has 1 fully saturated rings. The van der Waals surface area contributed by atoms with E-state index in [9.17, 15) is 9.59 Å². The van der Waals surface area contributed by atoms with Gasteiger partial charge in [-0.1, -0.05) is 17.3 Å². The number of carboxylic acids is 1. The van der Waals surface area contributed by atoms with E-state index in [4.69, 9.17) is 5.11 Å². The molecule has 132 valence electrons. The van der Waals surface area contributed by atoms with Gasteiger partial charge in [0.2, 0.25) is 0 Å². The molecule has 3 heterocycles. The molecular weight excluding hydrogens is 334 g/mol. The number of aliphatic carboxylic acids is 1. The van der Waals surface area contributed by atoms with Crippen molar-refractivity contribution in [3.8, 4) is 5.69 Å². The molecule has 3 aromatic rings. The van der Waals surface area contributed by atoms with Crippen LogP contribution in [0.3, 0.4) is 0 Å². The largest absolute Gasteiger partial charge is 0.481 e. The van der Waals surface area contributed by atoms with E-state index in [0.29, 0.717) is 18.7 Å². The second kappa shape index (κ2) is 6.21. The lowest BCUT2D eigenvalue weighted by Crippen LogP contribution is -2.30. The number of likely N-dealkylation sites (tertiary alicyclic amines) is 1. The Bertz CT molecular complexity index is 1010. The molecule has 1 atom stereocenters. The number of fused-ring (bicyclic) bond motifs is 1. The molecule has 2 aromatic heterocycles. The van der Waals surface area contributed by atoms with Crippen LogP contribution in [0, 0.1) is 12.8 Å². The Morgan fingerprint density at radius 2 is 2.12 bits per heavy atom. The molecule has 1 aliphatic heterocycles. The van der Waals surface area contributed by atoms with Crippen LogP contribution in [0.25, 0.3) is 16.5 Å². The van der Waals surface area contributed by atoms with Crippen LogP contribution in [0.1, 0.15) is 22.6 Å². The molecule has 1 unspecified atom stereocenters. The standard InChI is InChI=1S/C18H17N5O3/c1-11-16(17(24)22-8-6-13(10-22)18(25)26)20-21-23(11)15-4-2-3-12-9-19-7-5-14(12)15/h2-5,7,9,13H,6,8,10H2,1H3,(H,25,26). The number of benzene rings is 1. The Kier molecular flexibility index (Phi) is 3.87. The van der Waals surface area contributed by atoms with Gasteiger partial charge >= 0.3 is 5.97 Å². The van der Waals surface area contributed by atoms with Crippen LogP contribution in [-0.4, -0.2) is 55.0 Å². The van der Waals surface area contributed by atoms with Gasteiger partial charge in [-0.15, -0.1) is 5.10 Å². The Morgan fingerprint density at radius 1 is 1.27 bits per heavy atom. The molecule has 0 radical (unpaired) electrons. The van der Waals surface area contributed by atoms with Gasteiger partial charge < -0.3 is 10.0 Å². The van der Waals surface area contributed by atoms with Crippen molar-refractivity contribution in [2.75, 3.05) is 13.1 Å². The second-order valence-corrected chi connectivity index (χ2v) is 6.38. The smallest absolute Gasteiger partial charge is 0.308 e. The number of amides is 1. The van der Waals surface area contributed by atoms with Gasteiger partial charge in [0.15, 0.2) is 5.69 Å². The Hall–Kier alpha value is -3.29. The van der Waals surface area contributed by atoms with E-state index in [-0.39, 0.29) is 18.1 Å². The zero-order valence-electron chi connectivity index (χ0n) is 14.2. The summed E-state index contributed by atoms with van der Waals surface area (Å²) in [5, 5.41) is 19.3. The molecule has 0 spiro atoms. The highest BCUT2D eigenvalue weighted by atomic mass is 16.4. The molecule has 4 rings (SSSR count). The van der Waals surface area contributed by atoms with Crippen molar-refractivity contribution in [2.45, 2.75) is 13.3 Å². The first-order valence-corrected chi connectivity index (χ1v) is 8.34.